The number of hydrogen-bond acceptors (Lipinski definition) is 9. The molecule has 2 aromatic heterocycles. The molecule has 2 fully saturated rings. The molecule has 0 bridgehead atoms. The molecule has 0 radical (unpaired) electrons. The Morgan fingerprint density at radius 2 is 1.90 bits per heavy atom. The van der Waals surface area contributed by atoms with Crippen LogP contribution in [-0.2, 0) is 37.0 Å². The second-order valence-corrected chi connectivity index (χ2v) is 13.3. The summed E-state index contributed by atoms with van der Waals surface area (Å²) in [4.78, 5) is 27.5. The monoisotopic (exact) mass is 704 g/mol. The van der Waals surface area contributed by atoms with Gasteiger partial charge >= 0.3 is 12.2 Å². The minimum Gasteiger partial charge on any atom is -0.467 e. The molecule has 11 nitrogen and oxygen atoms in total. The Hall–Kier alpha value is -4.31. The lowest BCUT2D eigenvalue weighted by molar-refractivity contribution is -0.142. The third-order valence-electron chi connectivity index (χ3n) is 9.74. The van der Waals surface area contributed by atoms with Crippen molar-refractivity contribution >= 4 is 17.4 Å². The van der Waals surface area contributed by atoms with Crippen molar-refractivity contribution in [1.82, 2.24) is 29.5 Å². The topological polar surface area (TPSA) is 115 Å². The zero-order chi connectivity index (χ0) is 35.9. The molecule has 0 aliphatic carbocycles. The molecular formula is C34H41F5N8O3. The number of carbonyl (C=O) groups is 1. The van der Waals surface area contributed by atoms with Gasteiger partial charge in [0.2, 0.25) is 0 Å². The summed E-state index contributed by atoms with van der Waals surface area (Å²) in [6, 6.07) is 2.46. The normalized spacial score (nSPS) is 21.2. The number of nitrogen functional groups attached to an aromatic ring is 1. The Morgan fingerprint density at radius 3 is 2.58 bits per heavy atom. The van der Waals surface area contributed by atoms with Crippen LogP contribution >= 0.6 is 0 Å². The van der Waals surface area contributed by atoms with Gasteiger partial charge in [-0.15, -0.1) is 0 Å². The Bertz CT molecular complexity index is 1780. The van der Waals surface area contributed by atoms with Crippen molar-refractivity contribution in [3.63, 3.8) is 0 Å². The van der Waals surface area contributed by atoms with Gasteiger partial charge in [0.05, 0.1) is 49.6 Å². The van der Waals surface area contributed by atoms with E-state index in [1.165, 1.54) is 31.4 Å². The fourth-order valence-electron chi connectivity index (χ4n) is 7.27. The highest BCUT2D eigenvalue weighted by atomic mass is 19.4. The van der Waals surface area contributed by atoms with Crippen LogP contribution < -0.4 is 15.4 Å². The van der Waals surface area contributed by atoms with E-state index in [1.54, 1.807) is 14.1 Å². The van der Waals surface area contributed by atoms with E-state index in [0.29, 0.717) is 60.9 Å². The number of hydrogen-bond donors (Lipinski definition) is 1. The standard InChI is InChI=1S/C26H29F4N7O3.C8H12FN/c1-13-19-11-36(6-5-7-37(19)34-22(13)24(38)35(2)3)23-16-12-40-20(10-18(16)32-25(33-23)39-4)15-8-14(31)9-17(27)21(15)26(28,29)30;9-5-7-4-8-2-1-3-10(8)6-7/h8-9,20H,5-7,10-12,31H2,1-4H3;5,8H,1-4,6H2/b;7-5-. The van der Waals surface area contributed by atoms with Crippen LogP contribution in [-0.4, -0.2) is 82.3 Å². The van der Waals surface area contributed by atoms with E-state index in [2.05, 4.69) is 20.0 Å². The van der Waals surface area contributed by atoms with Crippen LogP contribution in [0.3, 0.4) is 0 Å². The summed E-state index contributed by atoms with van der Waals surface area (Å²) in [7, 11) is 4.74. The fourth-order valence-corrected chi connectivity index (χ4v) is 7.27. The van der Waals surface area contributed by atoms with Gasteiger partial charge in [0, 0.05) is 63.0 Å². The van der Waals surface area contributed by atoms with E-state index in [0.717, 1.165) is 42.2 Å². The van der Waals surface area contributed by atoms with Gasteiger partial charge in [0.1, 0.15) is 11.6 Å². The lowest BCUT2D eigenvalue weighted by Gasteiger charge is -2.31. The molecule has 1 amide bonds. The summed E-state index contributed by atoms with van der Waals surface area (Å²) in [5.41, 5.74) is 7.79. The van der Waals surface area contributed by atoms with Crippen LogP contribution in [0, 0.1) is 12.7 Å². The van der Waals surface area contributed by atoms with Gasteiger partial charge in [-0.05, 0) is 62.4 Å². The van der Waals surface area contributed by atoms with Crippen LogP contribution in [0.1, 0.15) is 75.9 Å². The molecule has 0 saturated carbocycles. The first-order valence-electron chi connectivity index (χ1n) is 16.6. The maximum Gasteiger partial charge on any atom is 0.419 e. The number of benzene rings is 1. The van der Waals surface area contributed by atoms with Crippen molar-refractivity contribution < 1.29 is 36.2 Å². The fraction of sp³-hybridized carbons (Fsp3) is 0.529. The quantitative estimate of drug-likeness (QED) is 0.283. The van der Waals surface area contributed by atoms with Crippen LogP contribution in [0.15, 0.2) is 24.0 Å². The first-order chi connectivity index (χ1) is 23.8. The number of aryl methyl sites for hydroxylation is 1. The van der Waals surface area contributed by atoms with E-state index in [-0.39, 0.29) is 36.2 Å². The highest BCUT2D eigenvalue weighted by Gasteiger charge is 2.41. The average Bonchev–Trinajstić information content (AvgIpc) is 3.71. The predicted octanol–water partition coefficient (Wildman–Crippen LogP) is 5.36. The summed E-state index contributed by atoms with van der Waals surface area (Å²) in [5.74, 6) is -1.13. The lowest BCUT2D eigenvalue weighted by atomic mass is 9.94. The molecule has 3 aromatic rings. The van der Waals surface area contributed by atoms with Gasteiger partial charge in [-0.1, -0.05) is 0 Å². The number of methoxy groups -OCH3 is 1. The molecule has 0 spiro atoms. The highest BCUT2D eigenvalue weighted by Crippen LogP contribution is 2.43. The van der Waals surface area contributed by atoms with Gasteiger partial charge in [-0.25, -0.2) is 8.78 Å². The highest BCUT2D eigenvalue weighted by molar-refractivity contribution is 5.93. The average molecular weight is 705 g/mol. The zero-order valence-corrected chi connectivity index (χ0v) is 28.5. The molecule has 2 saturated heterocycles. The van der Waals surface area contributed by atoms with Crippen molar-refractivity contribution in [2.24, 2.45) is 0 Å². The first kappa shape index (κ1) is 35.5. The van der Waals surface area contributed by atoms with Gasteiger partial charge in [-0.2, -0.15) is 28.2 Å². The molecule has 2 atom stereocenters. The minimum absolute atomic E-state index is 0.0437. The van der Waals surface area contributed by atoms with Crippen LogP contribution in [0.4, 0.5) is 33.5 Å². The molecule has 4 aliphatic rings. The van der Waals surface area contributed by atoms with E-state index in [1.807, 2.05) is 16.5 Å². The van der Waals surface area contributed by atoms with Crippen LogP contribution in [0.25, 0.3) is 0 Å². The van der Waals surface area contributed by atoms with Gasteiger partial charge < -0.3 is 25.0 Å². The van der Waals surface area contributed by atoms with Crippen molar-refractivity contribution in [2.45, 2.75) is 77.0 Å². The lowest BCUT2D eigenvalue weighted by Crippen LogP contribution is -2.29. The predicted molar refractivity (Wildman–Crippen MR) is 175 cm³/mol. The third-order valence-corrected chi connectivity index (χ3v) is 9.74. The molecule has 2 unspecified atom stereocenters. The maximum absolute atomic E-state index is 14.4. The summed E-state index contributed by atoms with van der Waals surface area (Å²) in [5, 5.41) is 4.55. The maximum atomic E-state index is 14.4. The molecule has 270 valence electrons. The molecule has 16 heteroatoms. The second-order valence-electron chi connectivity index (χ2n) is 13.3. The van der Waals surface area contributed by atoms with Crippen molar-refractivity contribution in [3.05, 3.63) is 69.2 Å². The number of aromatic nitrogens is 4. The number of ether oxygens (including phenoxy) is 2. The van der Waals surface area contributed by atoms with Crippen molar-refractivity contribution in [2.75, 3.05) is 51.5 Å². The smallest absolute Gasteiger partial charge is 0.419 e. The molecule has 50 heavy (non-hydrogen) atoms. The number of amides is 1. The van der Waals surface area contributed by atoms with Crippen molar-refractivity contribution in [1.29, 1.82) is 0 Å². The molecule has 7 rings (SSSR count). The SMILES string of the molecule is COc1nc2c(c(N3CCCn4nc(C(=O)N(C)C)c(C)c4C3)n1)COC(c1cc(N)cc(F)c1C(F)(F)F)C2.F/C=C1/CC2CCCN2C1. The van der Waals surface area contributed by atoms with Crippen molar-refractivity contribution in [3.8, 4) is 6.01 Å². The molecular weight excluding hydrogens is 663 g/mol. The molecule has 2 N–H and O–H groups in total. The molecule has 1 aromatic carbocycles. The Labute approximate surface area is 286 Å². The molecule has 6 heterocycles. The van der Waals surface area contributed by atoms with E-state index in [4.69, 9.17) is 15.2 Å². The van der Waals surface area contributed by atoms with Gasteiger partial charge in [-0.3, -0.25) is 14.4 Å². The summed E-state index contributed by atoms with van der Waals surface area (Å²) >= 11 is 0. The third kappa shape index (κ3) is 6.99. The Kier molecular flexibility index (Phi) is 10.0. The minimum atomic E-state index is -4.94. The number of anilines is 2. The second kappa shape index (κ2) is 14.1. The molecule has 4 aliphatic heterocycles. The number of nitrogens with two attached hydrogens (primary N) is 1. The van der Waals surface area contributed by atoms with Crippen LogP contribution in [0.5, 0.6) is 6.01 Å². The number of fused-ring (bicyclic) bond motifs is 3. The van der Waals surface area contributed by atoms with E-state index < -0.39 is 23.7 Å². The Balaban J connectivity index is 0.000000367. The summed E-state index contributed by atoms with van der Waals surface area (Å²) in [6.45, 7) is 5.39. The summed E-state index contributed by atoms with van der Waals surface area (Å²) in [6.07, 6.45) is -1.09. The number of nitrogens with zero attached hydrogens (tertiary/aromatic N) is 7. The number of halogens is 5. The van der Waals surface area contributed by atoms with Crippen LogP contribution in [0.2, 0.25) is 0 Å². The largest absolute Gasteiger partial charge is 0.467 e. The number of rotatable bonds is 4. The van der Waals surface area contributed by atoms with Gasteiger partial charge in [0.15, 0.2) is 5.69 Å². The van der Waals surface area contributed by atoms with E-state index >= 15 is 0 Å². The van der Waals surface area contributed by atoms with Gasteiger partial charge in [0.25, 0.3) is 5.91 Å². The van der Waals surface area contributed by atoms with E-state index in [9.17, 15) is 26.7 Å². The summed E-state index contributed by atoms with van der Waals surface area (Å²) < 4.78 is 80.9. The number of carbonyl (C=O) groups excluding carboxylic acids is 1. The zero-order valence-electron chi connectivity index (χ0n) is 28.5. The Morgan fingerprint density at radius 1 is 1.12 bits per heavy atom. The first-order valence-corrected chi connectivity index (χ1v) is 16.6. The number of alkyl halides is 3.